The normalized spacial score (nSPS) is 21.5. The standard InChI is InChI=1S/C17H25NO2/c1-19-16-11-13(17(12-18)9-2-3-10-17)7-8-15(16)20-14-5-4-6-14/h7-8,11,14H,2-6,9-10,12,18H2,1H3. The molecule has 0 aromatic heterocycles. The molecule has 20 heavy (non-hydrogen) atoms. The van der Waals surface area contributed by atoms with E-state index in [-0.39, 0.29) is 5.41 Å². The van der Waals surface area contributed by atoms with E-state index in [9.17, 15) is 0 Å². The molecule has 110 valence electrons. The molecule has 1 aromatic carbocycles. The van der Waals surface area contributed by atoms with Crippen LogP contribution in [-0.2, 0) is 5.41 Å². The van der Waals surface area contributed by atoms with Crippen LogP contribution in [0.25, 0.3) is 0 Å². The van der Waals surface area contributed by atoms with Gasteiger partial charge in [-0.15, -0.1) is 0 Å². The Morgan fingerprint density at radius 3 is 2.45 bits per heavy atom. The largest absolute Gasteiger partial charge is 0.493 e. The summed E-state index contributed by atoms with van der Waals surface area (Å²) >= 11 is 0. The SMILES string of the molecule is COc1cc(C2(CN)CCCC2)ccc1OC1CCC1. The average molecular weight is 275 g/mol. The Kier molecular flexibility index (Phi) is 3.88. The maximum atomic E-state index is 6.07. The van der Waals surface area contributed by atoms with E-state index in [1.54, 1.807) is 7.11 Å². The number of hydrogen-bond acceptors (Lipinski definition) is 3. The summed E-state index contributed by atoms with van der Waals surface area (Å²) < 4.78 is 11.5. The van der Waals surface area contributed by atoms with Gasteiger partial charge in [0.2, 0.25) is 0 Å². The lowest BCUT2D eigenvalue weighted by atomic mass is 9.79. The highest BCUT2D eigenvalue weighted by atomic mass is 16.5. The molecule has 0 saturated heterocycles. The number of ether oxygens (including phenoxy) is 2. The van der Waals surface area contributed by atoms with E-state index in [1.165, 1.54) is 37.7 Å². The zero-order chi connectivity index (χ0) is 14.0. The van der Waals surface area contributed by atoms with Crippen molar-refractivity contribution in [2.24, 2.45) is 5.73 Å². The van der Waals surface area contributed by atoms with Gasteiger partial charge in [0.25, 0.3) is 0 Å². The first-order chi connectivity index (χ1) is 9.77. The van der Waals surface area contributed by atoms with E-state index < -0.39 is 0 Å². The minimum atomic E-state index is 0.155. The number of hydrogen-bond donors (Lipinski definition) is 1. The third-order valence-corrected chi connectivity index (χ3v) is 5.07. The molecule has 3 nitrogen and oxygen atoms in total. The van der Waals surface area contributed by atoms with Gasteiger partial charge in [-0.2, -0.15) is 0 Å². The summed E-state index contributed by atoms with van der Waals surface area (Å²) in [6, 6.07) is 6.41. The van der Waals surface area contributed by atoms with Crippen molar-refractivity contribution in [3.8, 4) is 11.5 Å². The topological polar surface area (TPSA) is 44.5 Å². The Labute approximate surface area is 121 Å². The van der Waals surface area contributed by atoms with Crippen LogP contribution in [0.15, 0.2) is 18.2 Å². The quantitative estimate of drug-likeness (QED) is 0.895. The third kappa shape index (κ3) is 2.39. The third-order valence-electron chi connectivity index (χ3n) is 5.07. The van der Waals surface area contributed by atoms with E-state index in [2.05, 4.69) is 18.2 Å². The van der Waals surface area contributed by atoms with Gasteiger partial charge >= 0.3 is 0 Å². The van der Waals surface area contributed by atoms with E-state index in [1.807, 2.05) is 0 Å². The molecule has 0 spiro atoms. The fraction of sp³-hybridized carbons (Fsp3) is 0.647. The Morgan fingerprint density at radius 1 is 1.15 bits per heavy atom. The van der Waals surface area contributed by atoms with E-state index in [0.717, 1.165) is 30.9 Å². The summed E-state index contributed by atoms with van der Waals surface area (Å²) in [5.41, 5.74) is 7.54. The zero-order valence-corrected chi connectivity index (χ0v) is 12.4. The molecule has 3 heteroatoms. The smallest absolute Gasteiger partial charge is 0.161 e. The lowest BCUT2D eigenvalue weighted by molar-refractivity contribution is 0.116. The molecular weight excluding hydrogens is 250 g/mol. The molecule has 0 atom stereocenters. The molecule has 0 bridgehead atoms. The molecular formula is C17H25NO2. The Hall–Kier alpha value is -1.22. The Morgan fingerprint density at radius 2 is 1.90 bits per heavy atom. The van der Waals surface area contributed by atoms with Crippen LogP contribution in [0.2, 0.25) is 0 Å². The van der Waals surface area contributed by atoms with Gasteiger partial charge in [-0.25, -0.2) is 0 Å². The maximum Gasteiger partial charge on any atom is 0.161 e. The van der Waals surface area contributed by atoms with Gasteiger partial charge in [-0.1, -0.05) is 18.9 Å². The van der Waals surface area contributed by atoms with Crippen molar-refractivity contribution in [2.45, 2.75) is 56.5 Å². The number of methoxy groups -OCH3 is 1. The number of nitrogens with two attached hydrogens (primary N) is 1. The van der Waals surface area contributed by atoms with Crippen molar-refractivity contribution >= 4 is 0 Å². The molecule has 2 N–H and O–H groups in total. The summed E-state index contributed by atoms with van der Waals surface area (Å²) in [5, 5.41) is 0. The van der Waals surface area contributed by atoms with Crippen molar-refractivity contribution < 1.29 is 9.47 Å². The fourth-order valence-electron chi connectivity index (χ4n) is 3.43. The number of rotatable bonds is 5. The van der Waals surface area contributed by atoms with Crippen molar-refractivity contribution in [1.29, 1.82) is 0 Å². The van der Waals surface area contributed by atoms with Crippen LogP contribution >= 0.6 is 0 Å². The van der Waals surface area contributed by atoms with Gasteiger partial charge in [0, 0.05) is 12.0 Å². The highest BCUT2D eigenvalue weighted by molar-refractivity contribution is 5.46. The predicted molar refractivity (Wildman–Crippen MR) is 80.5 cm³/mol. The lowest BCUT2D eigenvalue weighted by Crippen LogP contribution is -2.32. The van der Waals surface area contributed by atoms with Gasteiger partial charge < -0.3 is 15.2 Å². The fourth-order valence-corrected chi connectivity index (χ4v) is 3.43. The van der Waals surface area contributed by atoms with Crippen molar-refractivity contribution in [3.05, 3.63) is 23.8 Å². The Balaban J connectivity index is 1.85. The zero-order valence-electron chi connectivity index (χ0n) is 12.4. The molecule has 3 rings (SSSR count). The first-order valence-corrected chi connectivity index (χ1v) is 7.83. The molecule has 1 aromatic rings. The van der Waals surface area contributed by atoms with Crippen LogP contribution in [0.4, 0.5) is 0 Å². The molecule has 2 fully saturated rings. The van der Waals surface area contributed by atoms with Gasteiger partial charge in [-0.3, -0.25) is 0 Å². The highest BCUT2D eigenvalue weighted by Gasteiger charge is 2.35. The summed E-state index contributed by atoms with van der Waals surface area (Å²) in [5.74, 6) is 1.74. The molecule has 0 heterocycles. The summed E-state index contributed by atoms with van der Waals surface area (Å²) in [4.78, 5) is 0. The van der Waals surface area contributed by atoms with Crippen molar-refractivity contribution in [2.75, 3.05) is 13.7 Å². The van der Waals surface area contributed by atoms with Gasteiger partial charge in [0.05, 0.1) is 13.2 Å². The molecule has 0 radical (unpaired) electrons. The first-order valence-electron chi connectivity index (χ1n) is 7.83. The van der Waals surface area contributed by atoms with Crippen LogP contribution in [0, 0.1) is 0 Å². The molecule has 0 unspecified atom stereocenters. The van der Waals surface area contributed by atoms with Crippen LogP contribution in [0.1, 0.15) is 50.5 Å². The molecule has 0 amide bonds. The van der Waals surface area contributed by atoms with Gasteiger partial charge in [0.15, 0.2) is 11.5 Å². The minimum absolute atomic E-state index is 0.155. The lowest BCUT2D eigenvalue weighted by Gasteiger charge is -2.30. The first kappa shape index (κ1) is 13.7. The molecule has 2 saturated carbocycles. The van der Waals surface area contributed by atoms with E-state index in [0.29, 0.717) is 6.10 Å². The number of benzene rings is 1. The average Bonchev–Trinajstić information content (AvgIpc) is 2.93. The van der Waals surface area contributed by atoms with Crippen LogP contribution < -0.4 is 15.2 Å². The van der Waals surface area contributed by atoms with Crippen LogP contribution in [0.3, 0.4) is 0 Å². The van der Waals surface area contributed by atoms with Gasteiger partial charge in [-0.05, 0) is 49.8 Å². The predicted octanol–water partition coefficient (Wildman–Crippen LogP) is 3.40. The second kappa shape index (κ2) is 5.65. The van der Waals surface area contributed by atoms with E-state index >= 15 is 0 Å². The monoisotopic (exact) mass is 275 g/mol. The maximum absolute atomic E-state index is 6.07. The van der Waals surface area contributed by atoms with Crippen LogP contribution in [-0.4, -0.2) is 19.8 Å². The second-order valence-electron chi connectivity index (χ2n) is 6.23. The molecule has 2 aliphatic carbocycles. The summed E-state index contributed by atoms with van der Waals surface area (Å²) in [6.07, 6.45) is 8.92. The summed E-state index contributed by atoms with van der Waals surface area (Å²) in [6.45, 7) is 0.721. The molecule has 0 aliphatic heterocycles. The van der Waals surface area contributed by atoms with Crippen LogP contribution in [0.5, 0.6) is 11.5 Å². The Bertz CT molecular complexity index is 462. The summed E-state index contributed by atoms with van der Waals surface area (Å²) in [7, 11) is 1.72. The minimum Gasteiger partial charge on any atom is -0.493 e. The second-order valence-corrected chi connectivity index (χ2v) is 6.23. The molecule has 2 aliphatic rings. The highest BCUT2D eigenvalue weighted by Crippen LogP contribution is 2.43. The van der Waals surface area contributed by atoms with E-state index in [4.69, 9.17) is 15.2 Å². The van der Waals surface area contributed by atoms with Crippen molar-refractivity contribution in [3.63, 3.8) is 0 Å². The van der Waals surface area contributed by atoms with Gasteiger partial charge in [0.1, 0.15) is 0 Å². The van der Waals surface area contributed by atoms with Crippen molar-refractivity contribution in [1.82, 2.24) is 0 Å².